The minimum atomic E-state index is -3.31. The van der Waals surface area contributed by atoms with Crippen LogP contribution in [0.1, 0.15) is 15.9 Å². The van der Waals surface area contributed by atoms with Gasteiger partial charge in [0.05, 0.1) is 32.8 Å². The summed E-state index contributed by atoms with van der Waals surface area (Å²) in [7, 11) is 1.13. The second-order valence-electron chi connectivity index (χ2n) is 6.91. The third kappa shape index (κ3) is 5.00. The number of hydrogen-bond acceptors (Lipinski definition) is 7. The van der Waals surface area contributed by atoms with Crippen LogP contribution >= 0.6 is 0 Å². The second kappa shape index (κ2) is 9.69. The molecule has 3 rings (SSSR count). The van der Waals surface area contributed by atoms with Gasteiger partial charge in [0.25, 0.3) is 5.91 Å². The number of aromatic nitrogens is 1. The lowest BCUT2D eigenvalue weighted by molar-refractivity contribution is 0.0983. The van der Waals surface area contributed by atoms with E-state index in [0.717, 1.165) is 11.8 Å². The first-order valence-electron chi connectivity index (χ1n) is 9.60. The number of rotatable bonds is 8. The fraction of sp³-hybridized carbons (Fsp3) is 0.217. The van der Waals surface area contributed by atoms with E-state index in [4.69, 9.17) is 14.2 Å². The van der Waals surface area contributed by atoms with Crippen molar-refractivity contribution in [1.82, 2.24) is 4.98 Å². The zero-order valence-electron chi connectivity index (χ0n) is 18.2. The minimum Gasteiger partial charge on any atom is -0.493 e. The van der Waals surface area contributed by atoms with Gasteiger partial charge < -0.3 is 14.2 Å². The van der Waals surface area contributed by atoms with Gasteiger partial charge in [0.1, 0.15) is 5.82 Å². The minimum absolute atomic E-state index is 0.177. The van der Waals surface area contributed by atoms with Crippen molar-refractivity contribution in [2.45, 2.75) is 11.4 Å². The summed E-state index contributed by atoms with van der Waals surface area (Å²) in [5.41, 5.74) is 1.06. The summed E-state index contributed by atoms with van der Waals surface area (Å²) in [6.45, 7) is 0.177. The third-order valence-electron chi connectivity index (χ3n) is 4.77. The van der Waals surface area contributed by atoms with Crippen molar-refractivity contribution in [2.75, 3.05) is 32.5 Å². The molecule has 2 aromatic carbocycles. The van der Waals surface area contributed by atoms with Crippen molar-refractivity contribution in [3.05, 3.63) is 71.9 Å². The molecule has 0 saturated carbocycles. The number of benzene rings is 2. The zero-order chi connectivity index (χ0) is 23.3. The van der Waals surface area contributed by atoms with Gasteiger partial charge in [-0.3, -0.25) is 9.69 Å². The highest BCUT2D eigenvalue weighted by Crippen LogP contribution is 2.38. The molecular weight excluding hydrogens is 432 g/mol. The number of amides is 1. The number of methoxy groups -OCH3 is 3. The number of sulfone groups is 1. The molecule has 9 heteroatoms. The lowest BCUT2D eigenvalue weighted by Gasteiger charge is -2.23. The van der Waals surface area contributed by atoms with Crippen LogP contribution in [0.2, 0.25) is 0 Å². The molecule has 168 valence electrons. The molecule has 1 amide bonds. The van der Waals surface area contributed by atoms with Gasteiger partial charge in [0, 0.05) is 18.0 Å². The lowest BCUT2D eigenvalue weighted by Crippen LogP contribution is -2.31. The number of hydrogen-bond donors (Lipinski definition) is 0. The number of pyridine rings is 1. The van der Waals surface area contributed by atoms with Gasteiger partial charge in [0.15, 0.2) is 21.3 Å². The monoisotopic (exact) mass is 456 g/mol. The van der Waals surface area contributed by atoms with Crippen molar-refractivity contribution >= 4 is 21.6 Å². The molecule has 1 heterocycles. The van der Waals surface area contributed by atoms with Gasteiger partial charge in [-0.15, -0.1) is 0 Å². The Morgan fingerprint density at radius 2 is 1.56 bits per heavy atom. The molecule has 0 saturated heterocycles. The standard InChI is InChI=1S/C23H24N2O6S/c1-29-19-13-17(14-20(30-2)22(19)31-3)23(26)25(21-7-5-6-12-24-21)15-16-8-10-18(11-9-16)32(4,27)28/h5-14H,15H2,1-4H3. The Morgan fingerprint density at radius 3 is 2.03 bits per heavy atom. The highest BCUT2D eigenvalue weighted by atomic mass is 32.2. The van der Waals surface area contributed by atoms with E-state index in [1.54, 1.807) is 48.7 Å². The van der Waals surface area contributed by atoms with Crippen molar-refractivity contribution in [3.63, 3.8) is 0 Å². The number of carbonyl (C=O) groups excluding carboxylic acids is 1. The third-order valence-corrected chi connectivity index (χ3v) is 5.90. The molecule has 0 aliphatic rings. The average molecular weight is 457 g/mol. The van der Waals surface area contributed by atoms with E-state index in [9.17, 15) is 13.2 Å². The molecule has 0 atom stereocenters. The molecule has 1 aromatic heterocycles. The molecule has 0 N–H and O–H groups in total. The molecule has 3 aromatic rings. The van der Waals surface area contributed by atoms with Crippen molar-refractivity contribution in [2.24, 2.45) is 0 Å². The highest BCUT2D eigenvalue weighted by Gasteiger charge is 2.23. The summed E-state index contributed by atoms with van der Waals surface area (Å²) < 4.78 is 39.6. The van der Waals surface area contributed by atoms with Crippen LogP contribution in [-0.2, 0) is 16.4 Å². The van der Waals surface area contributed by atoms with Crippen LogP contribution in [0.5, 0.6) is 17.2 Å². The van der Waals surface area contributed by atoms with Crippen LogP contribution in [0.4, 0.5) is 5.82 Å². The molecule has 0 bridgehead atoms. The molecule has 0 aliphatic carbocycles. The number of carbonyl (C=O) groups is 1. The molecule has 0 radical (unpaired) electrons. The van der Waals surface area contributed by atoms with Crippen LogP contribution in [0.15, 0.2) is 65.7 Å². The SMILES string of the molecule is COc1cc(C(=O)N(Cc2ccc(S(C)(=O)=O)cc2)c2ccccn2)cc(OC)c1OC. The Balaban J connectivity index is 2.03. The van der Waals surface area contributed by atoms with Gasteiger partial charge in [-0.2, -0.15) is 0 Å². The lowest BCUT2D eigenvalue weighted by atomic mass is 10.1. The van der Waals surface area contributed by atoms with Gasteiger partial charge in [-0.25, -0.2) is 13.4 Å². The summed E-state index contributed by atoms with van der Waals surface area (Å²) in [6.07, 6.45) is 2.74. The fourth-order valence-corrected chi connectivity index (χ4v) is 3.79. The van der Waals surface area contributed by atoms with Crippen LogP contribution in [0, 0.1) is 0 Å². The predicted molar refractivity (Wildman–Crippen MR) is 120 cm³/mol. The quantitative estimate of drug-likeness (QED) is 0.513. The van der Waals surface area contributed by atoms with Crippen molar-refractivity contribution < 1.29 is 27.4 Å². The van der Waals surface area contributed by atoms with E-state index in [1.165, 1.54) is 38.4 Å². The molecule has 32 heavy (non-hydrogen) atoms. The number of ether oxygens (including phenoxy) is 3. The summed E-state index contributed by atoms with van der Waals surface area (Å²) >= 11 is 0. The van der Waals surface area contributed by atoms with E-state index >= 15 is 0 Å². The summed E-state index contributed by atoms with van der Waals surface area (Å²) in [5.74, 6) is 1.20. The van der Waals surface area contributed by atoms with E-state index in [-0.39, 0.29) is 17.3 Å². The van der Waals surface area contributed by atoms with Crippen LogP contribution in [-0.4, -0.2) is 46.9 Å². The predicted octanol–water partition coefficient (Wildman–Crippen LogP) is 3.36. The molecule has 0 spiro atoms. The van der Waals surface area contributed by atoms with Gasteiger partial charge in [-0.05, 0) is 42.0 Å². The average Bonchev–Trinajstić information content (AvgIpc) is 2.81. The van der Waals surface area contributed by atoms with E-state index in [2.05, 4.69) is 4.98 Å². The maximum Gasteiger partial charge on any atom is 0.260 e. The van der Waals surface area contributed by atoms with Crippen LogP contribution in [0.3, 0.4) is 0 Å². The molecule has 8 nitrogen and oxygen atoms in total. The first-order valence-corrected chi connectivity index (χ1v) is 11.5. The zero-order valence-corrected chi connectivity index (χ0v) is 19.0. The van der Waals surface area contributed by atoms with E-state index in [0.29, 0.717) is 28.6 Å². The summed E-state index contributed by atoms with van der Waals surface area (Å²) in [6, 6.07) is 14.8. The summed E-state index contributed by atoms with van der Waals surface area (Å²) in [4.78, 5) is 19.6. The Kier molecular flexibility index (Phi) is 6.99. The Labute approximate surface area is 187 Å². The highest BCUT2D eigenvalue weighted by molar-refractivity contribution is 7.90. The van der Waals surface area contributed by atoms with Crippen LogP contribution in [0.25, 0.3) is 0 Å². The number of nitrogens with zero attached hydrogens (tertiary/aromatic N) is 2. The maximum absolute atomic E-state index is 13.5. The van der Waals surface area contributed by atoms with Gasteiger partial charge >= 0.3 is 0 Å². The maximum atomic E-state index is 13.5. The normalized spacial score (nSPS) is 11.0. The molecule has 0 fully saturated rings. The largest absolute Gasteiger partial charge is 0.493 e. The first kappa shape index (κ1) is 23.1. The first-order chi connectivity index (χ1) is 15.3. The van der Waals surface area contributed by atoms with Crippen molar-refractivity contribution in [1.29, 1.82) is 0 Å². The summed E-state index contributed by atoms with van der Waals surface area (Å²) in [5, 5.41) is 0. The van der Waals surface area contributed by atoms with Crippen molar-refractivity contribution in [3.8, 4) is 17.2 Å². The second-order valence-corrected chi connectivity index (χ2v) is 8.93. The fourth-order valence-electron chi connectivity index (χ4n) is 3.16. The Bertz CT molecular complexity index is 1170. The topological polar surface area (TPSA) is 95.0 Å². The molecule has 0 aliphatic heterocycles. The van der Waals surface area contributed by atoms with E-state index < -0.39 is 9.84 Å². The van der Waals surface area contributed by atoms with Gasteiger partial charge in [0.2, 0.25) is 5.75 Å². The van der Waals surface area contributed by atoms with E-state index in [1.807, 2.05) is 0 Å². The smallest absolute Gasteiger partial charge is 0.260 e. The Morgan fingerprint density at radius 1 is 0.938 bits per heavy atom. The van der Waals surface area contributed by atoms with Gasteiger partial charge in [-0.1, -0.05) is 18.2 Å². The van der Waals surface area contributed by atoms with Crippen LogP contribution < -0.4 is 19.1 Å². The number of anilines is 1. The molecular formula is C23H24N2O6S. The Hall–Kier alpha value is -3.59. The molecule has 0 unspecified atom stereocenters.